The summed E-state index contributed by atoms with van der Waals surface area (Å²) in [6.45, 7) is 4.73. The van der Waals surface area contributed by atoms with Crippen molar-refractivity contribution in [1.29, 1.82) is 0 Å². The van der Waals surface area contributed by atoms with E-state index in [-0.39, 0.29) is 18.2 Å². The summed E-state index contributed by atoms with van der Waals surface area (Å²) in [4.78, 5) is 22.0. The largest absolute Gasteiger partial charge is 0.377 e. The molecule has 1 heterocycles. The number of ether oxygens (including phenoxy) is 1. The molecule has 1 aliphatic heterocycles. The highest BCUT2D eigenvalue weighted by molar-refractivity contribution is 6.13. The van der Waals surface area contributed by atoms with E-state index in [1.807, 2.05) is 13.8 Å². The highest BCUT2D eigenvalue weighted by atomic mass is 16.5. The molecular weight excluding hydrogens is 170 g/mol. The van der Waals surface area contributed by atoms with Crippen molar-refractivity contribution in [3.05, 3.63) is 11.1 Å². The smallest absolute Gasteiger partial charge is 0.254 e. The molecule has 13 heavy (non-hydrogen) atoms. The van der Waals surface area contributed by atoms with Crippen LogP contribution in [0.15, 0.2) is 11.1 Å². The maximum Gasteiger partial charge on any atom is 0.254 e. The van der Waals surface area contributed by atoms with E-state index in [0.29, 0.717) is 18.8 Å². The van der Waals surface area contributed by atoms with Crippen molar-refractivity contribution in [2.45, 2.75) is 20.3 Å². The Balaban J connectivity index is 2.67. The molecule has 72 valence electrons. The van der Waals surface area contributed by atoms with Gasteiger partial charge in [0.05, 0.1) is 13.0 Å². The quantitative estimate of drug-likeness (QED) is 0.508. The lowest BCUT2D eigenvalue weighted by molar-refractivity contribution is -0.124. The van der Waals surface area contributed by atoms with Gasteiger partial charge in [-0.2, -0.15) is 0 Å². The summed E-state index contributed by atoms with van der Waals surface area (Å²) in [5.74, 6) is -0.502. The van der Waals surface area contributed by atoms with Crippen LogP contribution in [0.1, 0.15) is 20.3 Å². The fourth-order valence-corrected chi connectivity index (χ4v) is 1.17. The molecule has 0 aromatic carbocycles. The Morgan fingerprint density at radius 2 is 2.23 bits per heavy atom. The zero-order valence-electron chi connectivity index (χ0n) is 7.85. The number of rotatable bonds is 3. The zero-order valence-corrected chi connectivity index (χ0v) is 7.85. The first-order chi connectivity index (χ1) is 6.15. The second-order valence-corrected chi connectivity index (χ2v) is 2.95. The number of imide groups is 1. The number of nitrogens with one attached hydrogen (secondary N) is 1. The van der Waals surface area contributed by atoms with Crippen LogP contribution in [-0.2, 0) is 14.3 Å². The zero-order chi connectivity index (χ0) is 9.84. The van der Waals surface area contributed by atoms with Gasteiger partial charge in [0.2, 0.25) is 5.91 Å². The van der Waals surface area contributed by atoms with Gasteiger partial charge in [-0.05, 0) is 19.4 Å². The van der Waals surface area contributed by atoms with Gasteiger partial charge in [0, 0.05) is 12.2 Å². The predicted molar refractivity (Wildman–Crippen MR) is 47.0 cm³/mol. The molecule has 0 spiro atoms. The first-order valence-corrected chi connectivity index (χ1v) is 4.25. The van der Waals surface area contributed by atoms with Crippen LogP contribution in [0.3, 0.4) is 0 Å². The average Bonchev–Trinajstić information content (AvgIpc) is 2.41. The van der Waals surface area contributed by atoms with Crippen molar-refractivity contribution in [2.24, 2.45) is 0 Å². The molecule has 0 aromatic heterocycles. The fourth-order valence-electron chi connectivity index (χ4n) is 1.17. The molecule has 0 bridgehead atoms. The van der Waals surface area contributed by atoms with Crippen LogP contribution in [0.5, 0.6) is 0 Å². The monoisotopic (exact) mass is 183 g/mol. The summed E-state index contributed by atoms with van der Waals surface area (Å²) in [7, 11) is 0. The first-order valence-electron chi connectivity index (χ1n) is 4.25. The van der Waals surface area contributed by atoms with Crippen molar-refractivity contribution >= 4 is 11.8 Å². The molecule has 1 N–H and O–H groups in total. The van der Waals surface area contributed by atoms with E-state index >= 15 is 0 Å². The lowest BCUT2D eigenvalue weighted by atomic mass is 10.1. The van der Waals surface area contributed by atoms with Crippen LogP contribution in [0.2, 0.25) is 0 Å². The minimum atomic E-state index is -0.276. The average molecular weight is 183 g/mol. The number of amides is 2. The summed E-state index contributed by atoms with van der Waals surface area (Å²) in [5.41, 5.74) is 1.39. The molecule has 1 rings (SSSR count). The van der Waals surface area contributed by atoms with Gasteiger partial charge < -0.3 is 4.74 Å². The number of hydrogen-bond donors (Lipinski definition) is 1. The van der Waals surface area contributed by atoms with Crippen LogP contribution in [0.25, 0.3) is 0 Å². The van der Waals surface area contributed by atoms with Gasteiger partial charge in [-0.3, -0.25) is 14.9 Å². The standard InChI is InChI=1S/C9H13NO3/c1-3-13-5-6(2)7-4-8(11)10-9(7)12/h3-5H2,1-2H3,(H,10,11,12). The third-order valence-corrected chi connectivity index (χ3v) is 1.90. The van der Waals surface area contributed by atoms with Gasteiger partial charge in [0.15, 0.2) is 0 Å². The van der Waals surface area contributed by atoms with Crippen molar-refractivity contribution in [3.8, 4) is 0 Å². The van der Waals surface area contributed by atoms with Crippen molar-refractivity contribution < 1.29 is 14.3 Å². The van der Waals surface area contributed by atoms with Crippen molar-refractivity contribution in [1.82, 2.24) is 5.32 Å². The second kappa shape index (κ2) is 4.18. The molecule has 1 saturated heterocycles. The van der Waals surface area contributed by atoms with Crippen LogP contribution >= 0.6 is 0 Å². The molecule has 0 atom stereocenters. The molecule has 0 unspecified atom stereocenters. The lowest BCUT2D eigenvalue weighted by Gasteiger charge is -2.03. The second-order valence-electron chi connectivity index (χ2n) is 2.95. The molecule has 4 nitrogen and oxygen atoms in total. The minimum absolute atomic E-state index is 0.192. The van der Waals surface area contributed by atoms with E-state index in [4.69, 9.17) is 4.74 Å². The fraction of sp³-hybridized carbons (Fsp3) is 0.556. The van der Waals surface area contributed by atoms with Gasteiger partial charge in [0.1, 0.15) is 0 Å². The van der Waals surface area contributed by atoms with E-state index < -0.39 is 0 Å². The molecule has 4 heteroatoms. The van der Waals surface area contributed by atoms with E-state index in [0.717, 1.165) is 5.57 Å². The third kappa shape index (κ3) is 2.39. The van der Waals surface area contributed by atoms with Gasteiger partial charge in [-0.25, -0.2) is 0 Å². The van der Waals surface area contributed by atoms with Gasteiger partial charge in [0.25, 0.3) is 5.91 Å². The van der Waals surface area contributed by atoms with Crippen molar-refractivity contribution in [2.75, 3.05) is 13.2 Å². The topological polar surface area (TPSA) is 55.4 Å². The highest BCUT2D eigenvalue weighted by Gasteiger charge is 2.25. The maximum atomic E-state index is 11.1. The Morgan fingerprint density at radius 1 is 1.54 bits per heavy atom. The van der Waals surface area contributed by atoms with E-state index in [2.05, 4.69) is 5.32 Å². The third-order valence-electron chi connectivity index (χ3n) is 1.90. The van der Waals surface area contributed by atoms with Gasteiger partial charge in [-0.1, -0.05) is 0 Å². The molecule has 0 radical (unpaired) electrons. The summed E-state index contributed by atoms with van der Waals surface area (Å²) >= 11 is 0. The SMILES string of the molecule is CCOCC(C)=C1CC(=O)NC1=O. The van der Waals surface area contributed by atoms with Crippen LogP contribution in [-0.4, -0.2) is 25.0 Å². The molecule has 1 fully saturated rings. The summed E-state index contributed by atoms with van der Waals surface area (Å²) < 4.78 is 5.14. The van der Waals surface area contributed by atoms with Crippen LogP contribution < -0.4 is 5.32 Å². The molecule has 2 amide bonds. The van der Waals surface area contributed by atoms with Crippen molar-refractivity contribution in [3.63, 3.8) is 0 Å². The Bertz CT molecular complexity index is 268. The lowest BCUT2D eigenvalue weighted by Crippen LogP contribution is -2.20. The Kier molecular flexibility index (Phi) is 3.19. The molecular formula is C9H13NO3. The Labute approximate surface area is 76.9 Å². The first kappa shape index (κ1) is 9.92. The van der Waals surface area contributed by atoms with Crippen LogP contribution in [0.4, 0.5) is 0 Å². The predicted octanol–water partition coefficient (Wildman–Crippen LogP) is 0.386. The minimum Gasteiger partial charge on any atom is -0.377 e. The highest BCUT2D eigenvalue weighted by Crippen LogP contribution is 2.14. The summed E-state index contributed by atoms with van der Waals surface area (Å²) in [6.07, 6.45) is 0.192. The molecule has 0 aromatic rings. The van der Waals surface area contributed by atoms with Gasteiger partial charge in [-0.15, -0.1) is 0 Å². The Hall–Kier alpha value is -1.16. The van der Waals surface area contributed by atoms with E-state index in [1.54, 1.807) is 0 Å². The van der Waals surface area contributed by atoms with E-state index in [1.165, 1.54) is 0 Å². The molecule has 0 saturated carbocycles. The van der Waals surface area contributed by atoms with Crippen LogP contribution in [0, 0.1) is 0 Å². The number of hydrogen-bond acceptors (Lipinski definition) is 3. The summed E-state index contributed by atoms with van der Waals surface area (Å²) in [6, 6.07) is 0. The number of carbonyl (C=O) groups excluding carboxylic acids is 2. The normalized spacial score (nSPS) is 20.5. The Morgan fingerprint density at radius 3 is 2.69 bits per heavy atom. The maximum absolute atomic E-state index is 11.1. The molecule has 0 aliphatic carbocycles. The summed E-state index contributed by atoms with van der Waals surface area (Å²) in [5, 5.41) is 2.23. The molecule has 1 aliphatic rings. The van der Waals surface area contributed by atoms with E-state index in [9.17, 15) is 9.59 Å². The number of carbonyl (C=O) groups is 2. The van der Waals surface area contributed by atoms with Gasteiger partial charge >= 0.3 is 0 Å².